The molecule has 8 heteroatoms. The summed E-state index contributed by atoms with van der Waals surface area (Å²) in [6, 6.07) is 1.01. The number of aromatic nitrogens is 2. The fourth-order valence-electron chi connectivity index (χ4n) is 2.32. The molecule has 1 aromatic heterocycles. The van der Waals surface area contributed by atoms with Crippen molar-refractivity contribution in [1.29, 1.82) is 0 Å². The number of alkyl halides is 1. The number of cyclic esters (lactones) is 1. The summed E-state index contributed by atoms with van der Waals surface area (Å²) in [5, 5.41) is -0.118. The largest absolute Gasteiger partial charge is 0.447 e. The molecule has 2 rings (SSSR count). The Labute approximate surface area is 133 Å². The van der Waals surface area contributed by atoms with Gasteiger partial charge in [-0.1, -0.05) is 0 Å². The average molecular weight is 332 g/mol. The van der Waals surface area contributed by atoms with Gasteiger partial charge >= 0.3 is 6.09 Å². The maximum Gasteiger partial charge on any atom is 0.416 e. The minimum absolute atomic E-state index is 0.109. The molecule has 1 fully saturated rings. The van der Waals surface area contributed by atoms with Crippen LogP contribution in [0.3, 0.4) is 0 Å². The average Bonchev–Trinajstić information content (AvgIpc) is 2.78. The number of ether oxygens (including phenoxy) is 2. The molecule has 22 heavy (non-hydrogen) atoms. The van der Waals surface area contributed by atoms with E-state index in [2.05, 4.69) is 9.97 Å². The summed E-state index contributed by atoms with van der Waals surface area (Å²) in [4.78, 5) is 21.1. The van der Waals surface area contributed by atoms with Crippen LogP contribution in [0.1, 0.15) is 33.4 Å². The number of halogens is 2. The standard InChI is InChI=1S/C14H19ClFN3O3/c1-8(22-14(2,3)4)10-7-21-13(20)19(10)11-5-9(6-16)17-12(15)18-11/h5,8,10H,6-7H2,1-4H3/t8-,10?/m1/s1. The monoisotopic (exact) mass is 331 g/mol. The molecule has 1 amide bonds. The summed E-state index contributed by atoms with van der Waals surface area (Å²) in [6.07, 6.45) is -0.858. The van der Waals surface area contributed by atoms with Gasteiger partial charge in [-0.3, -0.25) is 4.90 Å². The molecule has 0 N–H and O–H groups in total. The first-order valence-corrected chi connectivity index (χ1v) is 7.32. The molecule has 122 valence electrons. The molecule has 0 bridgehead atoms. The van der Waals surface area contributed by atoms with E-state index in [9.17, 15) is 9.18 Å². The number of hydrogen-bond donors (Lipinski definition) is 0. The first-order valence-electron chi connectivity index (χ1n) is 6.94. The first-order chi connectivity index (χ1) is 10.2. The normalized spacial score (nSPS) is 20.2. The molecule has 0 aliphatic carbocycles. The lowest BCUT2D eigenvalue weighted by Gasteiger charge is -2.31. The number of amides is 1. The quantitative estimate of drug-likeness (QED) is 0.793. The van der Waals surface area contributed by atoms with E-state index in [4.69, 9.17) is 21.1 Å². The number of carbonyl (C=O) groups excluding carboxylic acids is 1. The van der Waals surface area contributed by atoms with Crippen LogP contribution in [0, 0.1) is 0 Å². The van der Waals surface area contributed by atoms with Crippen LogP contribution in [-0.4, -0.2) is 40.4 Å². The molecule has 6 nitrogen and oxygen atoms in total. The van der Waals surface area contributed by atoms with Gasteiger partial charge in [0.25, 0.3) is 0 Å². The minimum atomic E-state index is -0.795. The molecule has 2 atom stereocenters. The Kier molecular flexibility index (Phi) is 4.87. The SMILES string of the molecule is C[C@@H](OC(C)(C)C)C1COC(=O)N1c1cc(CF)nc(Cl)n1. The summed E-state index contributed by atoms with van der Waals surface area (Å²) in [5.74, 6) is 0.213. The van der Waals surface area contributed by atoms with E-state index in [0.717, 1.165) is 0 Å². The van der Waals surface area contributed by atoms with Crippen molar-refractivity contribution in [1.82, 2.24) is 9.97 Å². The molecular weight excluding hydrogens is 313 g/mol. The Morgan fingerprint density at radius 1 is 1.55 bits per heavy atom. The molecule has 0 aromatic carbocycles. The zero-order valence-electron chi connectivity index (χ0n) is 13.0. The minimum Gasteiger partial charge on any atom is -0.447 e. The topological polar surface area (TPSA) is 64.6 Å². The highest BCUT2D eigenvalue weighted by atomic mass is 35.5. The fourth-order valence-corrected chi connectivity index (χ4v) is 2.52. The molecule has 1 aliphatic heterocycles. The van der Waals surface area contributed by atoms with Gasteiger partial charge in [0.05, 0.1) is 17.4 Å². The zero-order chi connectivity index (χ0) is 16.5. The van der Waals surface area contributed by atoms with E-state index in [1.807, 2.05) is 27.7 Å². The number of rotatable bonds is 4. The summed E-state index contributed by atoms with van der Waals surface area (Å²) >= 11 is 5.79. The summed E-state index contributed by atoms with van der Waals surface area (Å²) < 4.78 is 23.8. The predicted molar refractivity (Wildman–Crippen MR) is 79.8 cm³/mol. The number of carbonyl (C=O) groups is 1. The summed E-state index contributed by atoms with van der Waals surface area (Å²) in [6.45, 7) is 7.00. The molecule has 1 unspecified atom stereocenters. The van der Waals surface area contributed by atoms with Crippen LogP contribution >= 0.6 is 11.6 Å². The molecule has 0 spiro atoms. The van der Waals surface area contributed by atoms with Gasteiger partial charge in [0.15, 0.2) is 0 Å². The summed E-state index contributed by atoms with van der Waals surface area (Å²) in [5.41, 5.74) is -0.262. The van der Waals surface area contributed by atoms with Crippen molar-refractivity contribution in [3.05, 3.63) is 17.0 Å². The second kappa shape index (κ2) is 6.34. The van der Waals surface area contributed by atoms with Crippen molar-refractivity contribution in [2.24, 2.45) is 0 Å². The van der Waals surface area contributed by atoms with Crippen molar-refractivity contribution in [3.8, 4) is 0 Å². The molecule has 0 saturated carbocycles. The molecule has 1 aliphatic rings. The summed E-state index contributed by atoms with van der Waals surface area (Å²) in [7, 11) is 0. The molecule has 1 saturated heterocycles. The van der Waals surface area contributed by atoms with Crippen LogP contribution in [0.25, 0.3) is 0 Å². The van der Waals surface area contributed by atoms with Gasteiger partial charge in [0.1, 0.15) is 25.1 Å². The van der Waals surface area contributed by atoms with E-state index in [1.54, 1.807) is 0 Å². The van der Waals surface area contributed by atoms with Gasteiger partial charge in [-0.05, 0) is 39.3 Å². The lowest BCUT2D eigenvalue weighted by Crippen LogP contribution is -2.45. The Hall–Kier alpha value is -1.47. The van der Waals surface area contributed by atoms with Crippen LogP contribution in [-0.2, 0) is 16.1 Å². The van der Waals surface area contributed by atoms with E-state index in [0.29, 0.717) is 0 Å². The highest BCUT2D eigenvalue weighted by molar-refractivity contribution is 6.28. The zero-order valence-corrected chi connectivity index (χ0v) is 13.7. The third-order valence-corrected chi connectivity index (χ3v) is 3.28. The van der Waals surface area contributed by atoms with Crippen molar-refractivity contribution in [3.63, 3.8) is 0 Å². The van der Waals surface area contributed by atoms with E-state index in [-0.39, 0.29) is 41.1 Å². The van der Waals surface area contributed by atoms with Crippen LogP contribution in [0.4, 0.5) is 15.0 Å². The second-order valence-electron chi connectivity index (χ2n) is 6.07. The van der Waals surface area contributed by atoms with Crippen LogP contribution in [0.15, 0.2) is 6.07 Å². The Morgan fingerprint density at radius 2 is 2.23 bits per heavy atom. The van der Waals surface area contributed by atoms with E-state index < -0.39 is 12.8 Å². The van der Waals surface area contributed by atoms with Crippen molar-refractivity contribution in [2.45, 2.75) is 52.1 Å². The van der Waals surface area contributed by atoms with Gasteiger partial charge in [-0.15, -0.1) is 0 Å². The third-order valence-electron chi connectivity index (χ3n) is 3.11. The molecule has 1 aromatic rings. The van der Waals surface area contributed by atoms with Gasteiger partial charge in [-0.2, -0.15) is 0 Å². The Bertz CT molecular complexity index is 565. The van der Waals surface area contributed by atoms with Crippen LogP contribution in [0.2, 0.25) is 5.28 Å². The van der Waals surface area contributed by atoms with Crippen molar-refractivity contribution < 1.29 is 18.7 Å². The van der Waals surface area contributed by atoms with Crippen LogP contribution in [0.5, 0.6) is 0 Å². The maximum absolute atomic E-state index is 12.8. The predicted octanol–water partition coefficient (Wildman–Crippen LogP) is 3.13. The van der Waals surface area contributed by atoms with Crippen molar-refractivity contribution in [2.75, 3.05) is 11.5 Å². The molecule has 2 heterocycles. The Balaban J connectivity index is 2.30. The highest BCUT2D eigenvalue weighted by Crippen LogP contribution is 2.27. The van der Waals surface area contributed by atoms with Gasteiger partial charge in [0, 0.05) is 6.07 Å². The molecule has 0 radical (unpaired) electrons. The number of nitrogens with zero attached hydrogens (tertiary/aromatic N) is 3. The van der Waals surface area contributed by atoms with Crippen LogP contribution < -0.4 is 4.90 Å². The lowest BCUT2D eigenvalue weighted by molar-refractivity contribution is -0.0618. The Morgan fingerprint density at radius 3 is 2.82 bits per heavy atom. The van der Waals surface area contributed by atoms with Gasteiger partial charge in [0.2, 0.25) is 5.28 Å². The first kappa shape index (κ1) is 16.9. The highest BCUT2D eigenvalue weighted by Gasteiger charge is 2.40. The number of hydrogen-bond acceptors (Lipinski definition) is 5. The number of anilines is 1. The van der Waals surface area contributed by atoms with Gasteiger partial charge < -0.3 is 9.47 Å². The van der Waals surface area contributed by atoms with E-state index in [1.165, 1.54) is 11.0 Å². The van der Waals surface area contributed by atoms with Crippen molar-refractivity contribution >= 4 is 23.5 Å². The molecular formula is C14H19ClFN3O3. The van der Waals surface area contributed by atoms with Gasteiger partial charge in [-0.25, -0.2) is 19.2 Å². The van der Waals surface area contributed by atoms with E-state index >= 15 is 0 Å². The smallest absolute Gasteiger partial charge is 0.416 e. The third kappa shape index (κ3) is 3.84. The lowest BCUT2D eigenvalue weighted by atomic mass is 10.1. The maximum atomic E-state index is 12.8. The fraction of sp³-hybridized carbons (Fsp3) is 0.643. The second-order valence-corrected chi connectivity index (χ2v) is 6.41.